The van der Waals surface area contributed by atoms with Gasteiger partial charge in [-0.15, -0.1) is 0 Å². The van der Waals surface area contributed by atoms with E-state index >= 15 is 0 Å². The van der Waals surface area contributed by atoms with Crippen LogP contribution in [0.3, 0.4) is 0 Å². The number of carbonyl (C=O) groups is 1. The van der Waals surface area contributed by atoms with E-state index in [1.54, 1.807) is 6.07 Å². The van der Waals surface area contributed by atoms with Crippen LogP contribution in [0.4, 0.5) is 5.69 Å². The molecule has 4 heteroatoms. The Hall–Kier alpha value is -1.39. The van der Waals surface area contributed by atoms with Gasteiger partial charge in [0.2, 0.25) is 5.91 Å². The zero-order valence-electron chi connectivity index (χ0n) is 10.5. The van der Waals surface area contributed by atoms with E-state index in [0.717, 1.165) is 11.3 Å². The summed E-state index contributed by atoms with van der Waals surface area (Å²) in [4.78, 5) is 11.7. The fourth-order valence-electron chi connectivity index (χ4n) is 2.32. The summed E-state index contributed by atoms with van der Waals surface area (Å²) in [7, 11) is 0. The van der Waals surface area contributed by atoms with Crippen LogP contribution < -0.4 is 10.6 Å². The number of aliphatic hydroxyl groups excluding tert-OH is 1. The number of aliphatic hydroxyl groups is 1. The van der Waals surface area contributed by atoms with Crippen LogP contribution in [0.5, 0.6) is 0 Å². The van der Waals surface area contributed by atoms with Gasteiger partial charge in [0, 0.05) is 11.7 Å². The second-order valence-corrected chi connectivity index (χ2v) is 4.77. The van der Waals surface area contributed by atoms with Crippen molar-refractivity contribution in [2.75, 3.05) is 11.9 Å². The highest BCUT2D eigenvalue weighted by Gasteiger charge is 2.15. The molecular weight excluding hydrogens is 228 g/mol. The number of hydrogen-bond donors (Lipinski definition) is 3. The summed E-state index contributed by atoms with van der Waals surface area (Å²) >= 11 is 0. The summed E-state index contributed by atoms with van der Waals surface area (Å²) in [6.45, 7) is 0.345. The number of benzene rings is 1. The van der Waals surface area contributed by atoms with Crippen LogP contribution in [0.15, 0.2) is 24.3 Å². The van der Waals surface area contributed by atoms with Gasteiger partial charge in [0.05, 0.1) is 13.2 Å². The fourth-order valence-corrected chi connectivity index (χ4v) is 2.32. The second kappa shape index (κ2) is 6.52. The number of nitrogens with one attached hydrogen (secondary N) is 2. The van der Waals surface area contributed by atoms with Gasteiger partial charge < -0.3 is 15.7 Å². The second-order valence-electron chi connectivity index (χ2n) is 4.77. The van der Waals surface area contributed by atoms with Gasteiger partial charge >= 0.3 is 0 Å². The predicted molar refractivity (Wildman–Crippen MR) is 71.3 cm³/mol. The average Bonchev–Trinajstić information content (AvgIpc) is 2.90. The van der Waals surface area contributed by atoms with Gasteiger partial charge in [-0.2, -0.15) is 0 Å². The molecule has 0 unspecified atom stereocenters. The third-order valence-corrected chi connectivity index (χ3v) is 3.30. The Balaban J connectivity index is 1.78. The van der Waals surface area contributed by atoms with Crippen molar-refractivity contribution in [2.45, 2.75) is 38.3 Å². The smallest absolute Gasteiger partial charge is 0.238 e. The molecule has 0 heterocycles. The summed E-state index contributed by atoms with van der Waals surface area (Å²) in [6.07, 6.45) is 4.87. The Morgan fingerprint density at radius 1 is 1.33 bits per heavy atom. The fraction of sp³-hybridized carbons (Fsp3) is 0.500. The van der Waals surface area contributed by atoms with Crippen LogP contribution in [-0.2, 0) is 11.4 Å². The van der Waals surface area contributed by atoms with Gasteiger partial charge in [-0.3, -0.25) is 4.79 Å². The summed E-state index contributed by atoms with van der Waals surface area (Å²) in [6, 6.07) is 7.76. The molecule has 0 radical (unpaired) electrons. The van der Waals surface area contributed by atoms with Gasteiger partial charge in [-0.05, 0) is 30.5 Å². The van der Waals surface area contributed by atoms with E-state index in [0.29, 0.717) is 12.6 Å². The quantitative estimate of drug-likeness (QED) is 0.742. The molecule has 1 aromatic carbocycles. The topological polar surface area (TPSA) is 61.4 Å². The number of rotatable bonds is 5. The van der Waals surface area contributed by atoms with Crippen molar-refractivity contribution < 1.29 is 9.90 Å². The van der Waals surface area contributed by atoms with E-state index in [1.165, 1.54) is 25.7 Å². The molecule has 1 aromatic rings. The first kappa shape index (κ1) is 13.1. The summed E-state index contributed by atoms with van der Waals surface area (Å²) in [5.41, 5.74) is 1.54. The first-order valence-corrected chi connectivity index (χ1v) is 6.51. The Morgan fingerprint density at radius 2 is 2.11 bits per heavy atom. The minimum atomic E-state index is -0.0306. The van der Waals surface area contributed by atoms with E-state index < -0.39 is 0 Å². The summed E-state index contributed by atoms with van der Waals surface area (Å²) in [5.74, 6) is -0.0306. The molecule has 0 spiro atoms. The lowest BCUT2D eigenvalue weighted by Crippen LogP contribution is -2.34. The van der Waals surface area contributed by atoms with E-state index in [-0.39, 0.29) is 12.5 Å². The minimum absolute atomic E-state index is 0.00989. The molecule has 18 heavy (non-hydrogen) atoms. The highest BCUT2D eigenvalue weighted by molar-refractivity contribution is 5.92. The Morgan fingerprint density at radius 3 is 2.83 bits per heavy atom. The molecule has 2 rings (SSSR count). The van der Waals surface area contributed by atoms with E-state index in [1.807, 2.05) is 18.2 Å². The largest absolute Gasteiger partial charge is 0.392 e. The van der Waals surface area contributed by atoms with Crippen LogP contribution >= 0.6 is 0 Å². The minimum Gasteiger partial charge on any atom is -0.392 e. The molecule has 0 aliphatic heterocycles. The van der Waals surface area contributed by atoms with Crippen molar-refractivity contribution >= 4 is 11.6 Å². The van der Waals surface area contributed by atoms with Crippen molar-refractivity contribution in [3.8, 4) is 0 Å². The molecule has 1 fully saturated rings. The normalized spacial score (nSPS) is 15.8. The lowest BCUT2D eigenvalue weighted by molar-refractivity contribution is -0.115. The van der Waals surface area contributed by atoms with E-state index in [2.05, 4.69) is 10.6 Å². The Kier molecular flexibility index (Phi) is 4.73. The first-order valence-electron chi connectivity index (χ1n) is 6.51. The van der Waals surface area contributed by atoms with Crippen molar-refractivity contribution in [1.29, 1.82) is 0 Å². The first-order chi connectivity index (χ1) is 8.78. The lowest BCUT2D eigenvalue weighted by Gasteiger charge is -2.12. The van der Waals surface area contributed by atoms with Gasteiger partial charge in [-0.1, -0.05) is 25.0 Å². The van der Waals surface area contributed by atoms with Crippen molar-refractivity contribution in [3.63, 3.8) is 0 Å². The van der Waals surface area contributed by atoms with Gasteiger partial charge in [-0.25, -0.2) is 0 Å². The molecule has 0 aromatic heterocycles. The molecule has 1 amide bonds. The van der Waals surface area contributed by atoms with Gasteiger partial charge in [0.25, 0.3) is 0 Å². The maximum absolute atomic E-state index is 11.7. The standard InChI is InChI=1S/C14H20N2O2/c17-10-11-4-3-7-13(8-11)16-14(18)9-15-12-5-1-2-6-12/h3-4,7-8,12,15,17H,1-2,5-6,9-10H2,(H,16,18). The summed E-state index contributed by atoms with van der Waals surface area (Å²) in [5, 5.41) is 15.1. The number of amides is 1. The van der Waals surface area contributed by atoms with Crippen LogP contribution in [0.1, 0.15) is 31.2 Å². The molecule has 3 N–H and O–H groups in total. The molecular formula is C14H20N2O2. The highest BCUT2D eigenvalue weighted by Crippen LogP contribution is 2.17. The van der Waals surface area contributed by atoms with Gasteiger partial charge in [0.15, 0.2) is 0 Å². The zero-order valence-corrected chi connectivity index (χ0v) is 10.5. The number of hydrogen-bond acceptors (Lipinski definition) is 3. The van der Waals surface area contributed by atoms with Crippen LogP contribution in [0.2, 0.25) is 0 Å². The average molecular weight is 248 g/mol. The SMILES string of the molecule is O=C(CNC1CCCC1)Nc1cccc(CO)c1. The van der Waals surface area contributed by atoms with Crippen molar-refractivity contribution in [1.82, 2.24) is 5.32 Å². The van der Waals surface area contributed by atoms with Gasteiger partial charge in [0.1, 0.15) is 0 Å². The Bertz CT molecular complexity index is 401. The molecule has 1 aliphatic rings. The van der Waals surface area contributed by atoms with Crippen LogP contribution in [-0.4, -0.2) is 23.6 Å². The maximum Gasteiger partial charge on any atom is 0.238 e. The monoisotopic (exact) mass is 248 g/mol. The maximum atomic E-state index is 11.7. The molecule has 1 aliphatic carbocycles. The number of anilines is 1. The van der Waals surface area contributed by atoms with E-state index in [4.69, 9.17) is 5.11 Å². The molecule has 98 valence electrons. The van der Waals surface area contributed by atoms with Crippen molar-refractivity contribution in [3.05, 3.63) is 29.8 Å². The van der Waals surface area contributed by atoms with Crippen LogP contribution in [0, 0.1) is 0 Å². The third kappa shape index (κ3) is 3.82. The zero-order chi connectivity index (χ0) is 12.8. The van der Waals surface area contributed by atoms with Crippen LogP contribution in [0.25, 0.3) is 0 Å². The highest BCUT2D eigenvalue weighted by atomic mass is 16.3. The van der Waals surface area contributed by atoms with E-state index in [9.17, 15) is 4.79 Å². The third-order valence-electron chi connectivity index (χ3n) is 3.30. The molecule has 1 saturated carbocycles. The number of carbonyl (C=O) groups excluding carboxylic acids is 1. The lowest BCUT2D eigenvalue weighted by atomic mass is 10.2. The predicted octanol–water partition coefficient (Wildman–Crippen LogP) is 1.65. The Labute approximate surface area is 107 Å². The summed E-state index contributed by atoms with van der Waals surface area (Å²) < 4.78 is 0. The molecule has 0 bridgehead atoms. The van der Waals surface area contributed by atoms with Crippen molar-refractivity contribution in [2.24, 2.45) is 0 Å². The molecule has 0 saturated heterocycles. The molecule has 4 nitrogen and oxygen atoms in total. The molecule has 0 atom stereocenters.